The van der Waals surface area contributed by atoms with Gasteiger partial charge >= 0.3 is 6.18 Å². The van der Waals surface area contributed by atoms with Crippen molar-refractivity contribution in [3.63, 3.8) is 0 Å². The highest BCUT2D eigenvalue weighted by Crippen LogP contribution is 2.45. The molecular formula is C21H25F3N2O2. The Kier molecular flexibility index (Phi) is 5.32. The molecule has 7 heteroatoms. The maximum atomic E-state index is 14.3. The lowest BCUT2D eigenvalue weighted by atomic mass is 9.93. The van der Waals surface area contributed by atoms with Crippen LogP contribution < -0.4 is 10.2 Å². The average Bonchev–Trinajstić information content (AvgIpc) is 2.84. The molecule has 0 bridgehead atoms. The summed E-state index contributed by atoms with van der Waals surface area (Å²) in [5.74, 6) is 0.209. The SMILES string of the molecule is CC(C)COc1cc([C@H](N2NC(=O)CC2(C)C)C(F)(F)F)c2ccccc2c1. The molecule has 1 amide bonds. The molecule has 0 radical (unpaired) electrons. The Morgan fingerprint density at radius 1 is 1.21 bits per heavy atom. The number of hydrogen-bond acceptors (Lipinski definition) is 3. The summed E-state index contributed by atoms with van der Waals surface area (Å²) >= 11 is 0. The maximum absolute atomic E-state index is 14.3. The van der Waals surface area contributed by atoms with Crippen LogP contribution in [-0.4, -0.2) is 29.2 Å². The lowest BCUT2D eigenvalue weighted by molar-refractivity contribution is -0.203. The van der Waals surface area contributed by atoms with Crippen molar-refractivity contribution in [3.05, 3.63) is 42.0 Å². The molecule has 152 valence electrons. The zero-order valence-corrected chi connectivity index (χ0v) is 16.4. The van der Waals surface area contributed by atoms with Crippen molar-refractivity contribution < 1.29 is 22.7 Å². The number of alkyl halides is 3. The van der Waals surface area contributed by atoms with Gasteiger partial charge in [-0.1, -0.05) is 38.1 Å². The van der Waals surface area contributed by atoms with Gasteiger partial charge in [-0.3, -0.25) is 10.2 Å². The number of carbonyl (C=O) groups excluding carboxylic acids is 1. The van der Waals surface area contributed by atoms with E-state index in [1.165, 1.54) is 6.07 Å². The van der Waals surface area contributed by atoms with Crippen molar-refractivity contribution in [1.29, 1.82) is 0 Å². The first-order valence-corrected chi connectivity index (χ1v) is 9.30. The van der Waals surface area contributed by atoms with Gasteiger partial charge in [0.2, 0.25) is 5.91 Å². The second-order valence-electron chi connectivity index (χ2n) is 8.28. The largest absolute Gasteiger partial charge is 0.493 e. The quantitative estimate of drug-likeness (QED) is 0.777. The molecule has 28 heavy (non-hydrogen) atoms. The van der Waals surface area contributed by atoms with Gasteiger partial charge in [-0.15, -0.1) is 0 Å². The number of fused-ring (bicyclic) bond motifs is 1. The van der Waals surface area contributed by atoms with Crippen molar-refractivity contribution in [3.8, 4) is 5.75 Å². The summed E-state index contributed by atoms with van der Waals surface area (Å²) in [5.41, 5.74) is 1.51. The minimum absolute atomic E-state index is 0.00104. The van der Waals surface area contributed by atoms with E-state index in [4.69, 9.17) is 4.74 Å². The molecule has 4 nitrogen and oxygen atoms in total. The number of carbonyl (C=O) groups is 1. The molecule has 0 spiro atoms. The third-order valence-corrected chi connectivity index (χ3v) is 4.80. The Bertz CT molecular complexity index is 878. The summed E-state index contributed by atoms with van der Waals surface area (Å²) in [6, 6.07) is 8.14. The van der Waals surface area contributed by atoms with Crippen LogP contribution in [0.3, 0.4) is 0 Å². The van der Waals surface area contributed by atoms with Gasteiger partial charge in [0.25, 0.3) is 0 Å². The molecule has 2 aromatic carbocycles. The van der Waals surface area contributed by atoms with Crippen molar-refractivity contribution in [2.24, 2.45) is 5.92 Å². The minimum Gasteiger partial charge on any atom is -0.493 e. The number of hydrazine groups is 1. The first-order valence-electron chi connectivity index (χ1n) is 9.30. The van der Waals surface area contributed by atoms with Crippen LogP contribution in [0.2, 0.25) is 0 Å². The maximum Gasteiger partial charge on any atom is 0.409 e. The van der Waals surface area contributed by atoms with E-state index in [0.717, 1.165) is 5.01 Å². The predicted octanol–water partition coefficient (Wildman–Crippen LogP) is 4.99. The fourth-order valence-electron chi connectivity index (χ4n) is 3.56. The van der Waals surface area contributed by atoms with E-state index in [1.54, 1.807) is 44.2 Å². The van der Waals surface area contributed by atoms with Crippen LogP contribution in [0.1, 0.15) is 45.7 Å². The zero-order chi connectivity index (χ0) is 20.7. The number of halogens is 3. The smallest absolute Gasteiger partial charge is 0.409 e. The van der Waals surface area contributed by atoms with Crippen molar-refractivity contribution in [2.75, 3.05) is 6.61 Å². The van der Waals surface area contributed by atoms with Gasteiger partial charge in [0.1, 0.15) is 5.75 Å². The number of hydrogen-bond donors (Lipinski definition) is 1. The highest BCUT2D eigenvalue weighted by Gasteiger charge is 2.53. The van der Waals surface area contributed by atoms with Crippen LogP contribution in [0.15, 0.2) is 36.4 Å². The number of nitrogens with zero attached hydrogens (tertiary/aromatic N) is 1. The van der Waals surface area contributed by atoms with Gasteiger partial charge in [-0.2, -0.15) is 18.2 Å². The molecule has 1 saturated heterocycles. The molecule has 0 aliphatic carbocycles. The molecule has 1 N–H and O–H groups in total. The fourth-order valence-corrected chi connectivity index (χ4v) is 3.56. The summed E-state index contributed by atoms with van der Waals surface area (Å²) in [7, 11) is 0. The van der Waals surface area contributed by atoms with E-state index < -0.39 is 23.7 Å². The Hall–Kier alpha value is -2.28. The van der Waals surface area contributed by atoms with E-state index in [1.807, 2.05) is 13.8 Å². The van der Waals surface area contributed by atoms with Crippen molar-refractivity contribution >= 4 is 16.7 Å². The number of benzene rings is 2. The highest BCUT2D eigenvalue weighted by molar-refractivity contribution is 5.88. The first kappa shape index (κ1) is 20.5. The standard InChI is InChI=1S/C21H25F3N2O2/c1-13(2)12-28-15-9-14-7-5-6-8-16(14)17(10-15)19(21(22,23)24)26-20(3,4)11-18(27)25-26/h5-10,13,19H,11-12H2,1-4H3,(H,25,27)/t19-/m0/s1. The Labute approximate surface area is 162 Å². The summed E-state index contributed by atoms with van der Waals surface area (Å²) < 4.78 is 48.5. The molecule has 1 fully saturated rings. The normalized spacial score (nSPS) is 18.5. The van der Waals surface area contributed by atoms with Crippen LogP contribution in [-0.2, 0) is 4.79 Å². The van der Waals surface area contributed by atoms with Crippen molar-refractivity contribution in [2.45, 2.75) is 51.9 Å². The molecule has 0 aromatic heterocycles. The van der Waals surface area contributed by atoms with Crippen molar-refractivity contribution in [1.82, 2.24) is 10.4 Å². The third kappa shape index (κ3) is 4.09. The molecule has 1 aliphatic heterocycles. The molecule has 1 atom stereocenters. The van der Waals surface area contributed by atoms with E-state index in [-0.39, 0.29) is 17.9 Å². The highest BCUT2D eigenvalue weighted by atomic mass is 19.4. The van der Waals surface area contributed by atoms with Crippen LogP contribution >= 0.6 is 0 Å². The molecule has 1 heterocycles. The first-order chi connectivity index (χ1) is 13.0. The third-order valence-electron chi connectivity index (χ3n) is 4.80. The number of amides is 1. The van der Waals surface area contributed by atoms with Gasteiger partial charge in [0, 0.05) is 12.0 Å². The fraction of sp³-hybridized carbons (Fsp3) is 0.476. The second kappa shape index (κ2) is 7.28. The number of ether oxygens (including phenoxy) is 1. The zero-order valence-electron chi connectivity index (χ0n) is 16.4. The van der Waals surface area contributed by atoms with Gasteiger partial charge in [-0.25, -0.2) is 0 Å². The van der Waals surface area contributed by atoms with E-state index >= 15 is 0 Å². The molecule has 1 aliphatic rings. The second-order valence-corrected chi connectivity index (χ2v) is 8.28. The lowest BCUT2D eigenvalue weighted by Gasteiger charge is -2.38. The summed E-state index contributed by atoms with van der Waals surface area (Å²) in [5, 5.41) is 2.18. The Morgan fingerprint density at radius 3 is 2.46 bits per heavy atom. The van der Waals surface area contributed by atoms with Crippen LogP contribution in [0.4, 0.5) is 13.2 Å². The Balaban J connectivity index is 2.17. The topological polar surface area (TPSA) is 41.6 Å². The van der Waals surface area contributed by atoms with Gasteiger partial charge in [-0.05, 0) is 48.2 Å². The molecule has 2 aromatic rings. The van der Waals surface area contributed by atoms with Gasteiger partial charge in [0.15, 0.2) is 6.04 Å². The summed E-state index contributed by atoms with van der Waals surface area (Å²) in [6.45, 7) is 7.61. The molecule has 0 unspecified atom stereocenters. The molecule has 3 rings (SSSR count). The van der Waals surface area contributed by atoms with Gasteiger partial charge < -0.3 is 4.74 Å². The van der Waals surface area contributed by atoms with Gasteiger partial charge in [0.05, 0.1) is 6.61 Å². The molecule has 0 saturated carbocycles. The van der Waals surface area contributed by atoms with E-state index in [9.17, 15) is 18.0 Å². The number of rotatable bonds is 5. The Morgan fingerprint density at radius 2 is 1.89 bits per heavy atom. The van der Waals surface area contributed by atoms with E-state index in [2.05, 4.69) is 5.43 Å². The summed E-state index contributed by atoms with van der Waals surface area (Å²) in [4.78, 5) is 11.9. The number of nitrogens with one attached hydrogen (secondary N) is 1. The average molecular weight is 394 g/mol. The summed E-state index contributed by atoms with van der Waals surface area (Å²) in [6.07, 6.45) is -4.59. The van der Waals surface area contributed by atoms with E-state index in [0.29, 0.717) is 23.1 Å². The molecular weight excluding hydrogens is 369 g/mol. The van der Waals surface area contributed by atoms with Crippen LogP contribution in [0.25, 0.3) is 10.8 Å². The van der Waals surface area contributed by atoms with Crippen LogP contribution in [0, 0.1) is 5.92 Å². The predicted molar refractivity (Wildman–Crippen MR) is 102 cm³/mol. The lowest BCUT2D eigenvalue weighted by Crippen LogP contribution is -2.51. The minimum atomic E-state index is -4.59. The monoisotopic (exact) mass is 394 g/mol. The van der Waals surface area contributed by atoms with Crippen LogP contribution in [0.5, 0.6) is 5.75 Å².